The van der Waals surface area contributed by atoms with Crippen LogP contribution in [0.3, 0.4) is 0 Å². The third-order valence-corrected chi connectivity index (χ3v) is 9.53. The maximum absolute atomic E-state index is 13.8. The van der Waals surface area contributed by atoms with Crippen molar-refractivity contribution in [3.05, 3.63) is 46.6 Å². The zero-order chi connectivity index (χ0) is 40.0. The molecule has 0 saturated carbocycles. The number of ether oxygens (including phenoxy) is 7. The van der Waals surface area contributed by atoms with Crippen LogP contribution in [0.1, 0.15) is 20.8 Å². The molecule has 0 spiro atoms. The molecule has 3 saturated heterocycles. The molecule has 2 aromatic carbocycles. The van der Waals surface area contributed by atoms with Crippen LogP contribution in [0.2, 0.25) is 0 Å². The lowest BCUT2D eigenvalue weighted by Crippen LogP contribution is -2.64. The summed E-state index contributed by atoms with van der Waals surface area (Å²) in [7, 11) is 0. The molecular weight excluding hydrogens is 740 g/mol. The third-order valence-electron chi connectivity index (χ3n) is 9.53. The largest absolute Gasteiger partial charge is 0.508 e. The van der Waals surface area contributed by atoms with Crippen LogP contribution < -0.4 is 10.2 Å². The summed E-state index contributed by atoms with van der Waals surface area (Å²) in [5.41, 5.74) is -1.08. The highest BCUT2D eigenvalue weighted by Gasteiger charge is 2.52. The van der Waals surface area contributed by atoms with Crippen LogP contribution in [0.15, 0.2) is 45.6 Å². The van der Waals surface area contributed by atoms with Gasteiger partial charge < -0.3 is 88.6 Å². The third kappa shape index (κ3) is 8.08. The minimum Gasteiger partial charge on any atom is -0.508 e. The molecule has 302 valence electrons. The lowest BCUT2D eigenvalue weighted by molar-refractivity contribution is -0.359. The van der Waals surface area contributed by atoms with Crippen LogP contribution in [0.25, 0.3) is 22.3 Å². The average molecular weight is 783 g/mol. The number of fused-ring (bicyclic) bond motifs is 1. The Morgan fingerprint density at radius 1 is 0.709 bits per heavy atom. The molecule has 15 atom stereocenters. The number of aliphatic hydroxyl groups is 7. The van der Waals surface area contributed by atoms with Gasteiger partial charge in [0, 0.05) is 24.6 Å². The number of phenolic OH excluding ortho intramolecular Hbond substituents is 3. The van der Waals surface area contributed by atoms with Gasteiger partial charge in [0.2, 0.25) is 17.5 Å². The van der Waals surface area contributed by atoms with Crippen molar-refractivity contribution in [2.24, 2.45) is 0 Å². The number of hydrogen-bond donors (Lipinski definition) is 10. The summed E-state index contributed by atoms with van der Waals surface area (Å²) < 4.78 is 45.5. The van der Waals surface area contributed by atoms with Crippen molar-refractivity contribution in [1.82, 2.24) is 0 Å². The zero-order valence-corrected chi connectivity index (χ0v) is 29.4. The van der Waals surface area contributed by atoms with Crippen molar-refractivity contribution in [3.63, 3.8) is 0 Å². The van der Waals surface area contributed by atoms with Crippen LogP contribution >= 0.6 is 0 Å². The summed E-state index contributed by atoms with van der Waals surface area (Å²) >= 11 is 0. The van der Waals surface area contributed by atoms with E-state index in [-0.39, 0.29) is 22.7 Å². The molecule has 0 unspecified atom stereocenters. The molecule has 0 radical (unpaired) electrons. The molecule has 0 amide bonds. The van der Waals surface area contributed by atoms with Gasteiger partial charge in [-0.15, -0.1) is 0 Å². The van der Waals surface area contributed by atoms with E-state index in [0.717, 1.165) is 19.1 Å². The molecule has 10 N–H and O–H groups in total. The average Bonchev–Trinajstić information content (AvgIpc) is 3.13. The molecule has 55 heavy (non-hydrogen) atoms. The predicted octanol–water partition coefficient (Wildman–Crippen LogP) is -1.97. The molecule has 0 bridgehead atoms. The Morgan fingerprint density at radius 3 is 2.02 bits per heavy atom. The Labute approximate surface area is 310 Å². The highest BCUT2D eigenvalue weighted by Crippen LogP contribution is 2.38. The fraction of sp³-hybridized carbons (Fsp3) is 0.543. The molecule has 6 rings (SSSR count). The highest BCUT2D eigenvalue weighted by atomic mass is 16.8. The first-order valence-electron chi connectivity index (χ1n) is 17.1. The van der Waals surface area contributed by atoms with Gasteiger partial charge in [-0.05, 0) is 38.1 Å². The van der Waals surface area contributed by atoms with Crippen molar-refractivity contribution in [1.29, 1.82) is 0 Å². The van der Waals surface area contributed by atoms with E-state index < -0.39 is 133 Å². The zero-order valence-electron chi connectivity index (χ0n) is 29.4. The fourth-order valence-electron chi connectivity index (χ4n) is 6.55. The van der Waals surface area contributed by atoms with Gasteiger partial charge in [0.05, 0.1) is 18.8 Å². The van der Waals surface area contributed by atoms with E-state index in [9.17, 15) is 60.7 Å². The number of benzene rings is 2. The highest BCUT2D eigenvalue weighted by molar-refractivity contribution is 5.88. The SMILES string of the molecule is CC(=O)O[C@@H]1[C@@H](O[C@@H]2O[C@H](C)[C@H](O)[C@H](O)[C@H]2O)[C@@H](O)[C@H](OC[C@@H]2O[C@@H](Oc3c(-c4ccc(O)cc4)oc4cc(O)cc(O)c4c3=O)[C@H](O)[C@@H](O)[C@H]2O)O[C@H]1C. The summed E-state index contributed by atoms with van der Waals surface area (Å²) in [6, 6.07) is 7.20. The summed E-state index contributed by atoms with van der Waals surface area (Å²) in [4.78, 5) is 25.7. The molecule has 3 aliphatic heterocycles. The van der Waals surface area contributed by atoms with E-state index in [4.69, 9.17) is 37.6 Å². The van der Waals surface area contributed by atoms with E-state index >= 15 is 0 Å². The molecule has 1 aromatic heterocycles. The molecule has 3 aliphatic rings. The maximum Gasteiger partial charge on any atom is 0.303 e. The number of rotatable bonds is 9. The number of aromatic hydroxyl groups is 3. The standard InChI is InChI=1S/C35H42O20/c1-11-21(40)24(43)26(45)34(49-11)55-32-28(47)33(50-12(2)29(32)51-13(3)36)48-10-19-22(41)25(44)27(46)35(53-19)54-31-23(42)20-17(39)8-16(38)9-18(20)52-30(31)14-4-6-15(37)7-5-14/h4-9,11-12,19,21-22,24-29,32-35,37-41,43-47H,10H2,1-3H3/t11-,12+,19+,21+,22+,24+,25+,26-,27-,28-,29+,32+,33-,34+,35+/m1/s1. The first kappa shape index (κ1) is 40.5. The second-order valence-electron chi connectivity index (χ2n) is 13.5. The van der Waals surface area contributed by atoms with Gasteiger partial charge >= 0.3 is 5.97 Å². The lowest BCUT2D eigenvalue weighted by atomic mass is 9.97. The smallest absolute Gasteiger partial charge is 0.303 e. The number of carbonyl (C=O) groups excluding carboxylic acids is 1. The van der Waals surface area contributed by atoms with Gasteiger partial charge in [0.15, 0.2) is 24.4 Å². The maximum atomic E-state index is 13.8. The Balaban J connectivity index is 1.24. The first-order chi connectivity index (χ1) is 26.0. The van der Waals surface area contributed by atoms with Crippen LogP contribution in [-0.4, -0.2) is 156 Å². The van der Waals surface area contributed by atoms with Crippen molar-refractivity contribution in [2.45, 2.75) is 113 Å². The van der Waals surface area contributed by atoms with Crippen molar-refractivity contribution >= 4 is 16.9 Å². The van der Waals surface area contributed by atoms with E-state index in [1.165, 1.54) is 38.1 Å². The van der Waals surface area contributed by atoms with Gasteiger partial charge in [-0.1, -0.05) is 0 Å². The molecular formula is C35H42O20. The van der Waals surface area contributed by atoms with Gasteiger partial charge in [-0.25, -0.2) is 0 Å². The Morgan fingerprint density at radius 2 is 1.35 bits per heavy atom. The van der Waals surface area contributed by atoms with Crippen LogP contribution in [-0.2, 0) is 33.2 Å². The molecule has 4 heterocycles. The van der Waals surface area contributed by atoms with Crippen LogP contribution in [0.4, 0.5) is 0 Å². The summed E-state index contributed by atoms with van der Waals surface area (Å²) in [5.74, 6) is -2.96. The van der Waals surface area contributed by atoms with Crippen molar-refractivity contribution < 1.29 is 93.4 Å². The van der Waals surface area contributed by atoms with Gasteiger partial charge in [-0.3, -0.25) is 9.59 Å². The summed E-state index contributed by atoms with van der Waals surface area (Å²) in [6.45, 7) is 3.26. The number of phenols is 3. The normalized spacial score (nSPS) is 36.7. The molecule has 3 aromatic rings. The quantitative estimate of drug-likeness (QED) is 0.105. The Kier molecular flexibility index (Phi) is 11.9. The molecule has 20 heteroatoms. The number of esters is 1. The minimum atomic E-state index is -2.00. The van der Waals surface area contributed by atoms with Gasteiger partial charge in [0.1, 0.15) is 83.2 Å². The second kappa shape index (κ2) is 16.1. The fourth-order valence-corrected chi connectivity index (χ4v) is 6.55. The van der Waals surface area contributed by atoms with Gasteiger partial charge in [-0.2, -0.15) is 0 Å². The summed E-state index contributed by atoms with van der Waals surface area (Å²) in [5, 5.41) is 105. The van der Waals surface area contributed by atoms with E-state index in [1.807, 2.05) is 0 Å². The second-order valence-corrected chi connectivity index (χ2v) is 13.5. The Bertz CT molecular complexity index is 1880. The van der Waals surface area contributed by atoms with E-state index in [0.29, 0.717) is 0 Å². The first-order valence-corrected chi connectivity index (χ1v) is 17.1. The number of carbonyl (C=O) groups is 1. The van der Waals surface area contributed by atoms with Crippen molar-refractivity contribution in [3.8, 4) is 34.3 Å². The monoisotopic (exact) mass is 782 g/mol. The molecule has 20 nitrogen and oxygen atoms in total. The van der Waals surface area contributed by atoms with Crippen molar-refractivity contribution in [2.75, 3.05) is 6.61 Å². The number of aliphatic hydroxyl groups excluding tert-OH is 7. The van der Waals surface area contributed by atoms with E-state index in [1.54, 1.807) is 0 Å². The molecule has 0 aliphatic carbocycles. The predicted molar refractivity (Wildman–Crippen MR) is 179 cm³/mol. The van der Waals surface area contributed by atoms with Gasteiger partial charge in [0.25, 0.3) is 0 Å². The van der Waals surface area contributed by atoms with Crippen LogP contribution in [0, 0.1) is 0 Å². The van der Waals surface area contributed by atoms with E-state index in [2.05, 4.69) is 0 Å². The van der Waals surface area contributed by atoms with Crippen LogP contribution in [0.5, 0.6) is 23.0 Å². The minimum absolute atomic E-state index is 0.134. The Hall–Kier alpha value is -4.16. The topological polar surface area (TPSA) is 314 Å². The summed E-state index contributed by atoms with van der Waals surface area (Å²) in [6.07, 6.45) is -24.2. The molecule has 3 fully saturated rings. The number of hydrogen-bond acceptors (Lipinski definition) is 20. The lowest BCUT2D eigenvalue weighted by Gasteiger charge is -2.46.